The molecule has 0 atom stereocenters. The molecule has 0 amide bonds. The van der Waals surface area contributed by atoms with E-state index in [1.54, 1.807) is 0 Å². The van der Waals surface area contributed by atoms with Crippen molar-refractivity contribution in [2.75, 3.05) is 12.0 Å². The van der Waals surface area contributed by atoms with Crippen molar-refractivity contribution in [2.24, 2.45) is 0 Å². The lowest BCUT2D eigenvalue weighted by atomic mass is 10.1. The average molecular weight is 153 g/mol. The summed E-state index contributed by atoms with van der Waals surface area (Å²) >= 11 is 1.81. The Morgan fingerprint density at radius 3 is 3.10 bits per heavy atom. The summed E-state index contributed by atoms with van der Waals surface area (Å²) in [7, 11) is 0. The van der Waals surface area contributed by atoms with Crippen LogP contribution in [-0.4, -0.2) is 17.7 Å². The van der Waals surface area contributed by atoms with Gasteiger partial charge in [0, 0.05) is 5.75 Å². The molecular weight excluding hydrogens is 142 g/mol. The first-order chi connectivity index (χ1) is 4.83. The molecule has 0 bridgehead atoms. The number of rotatable bonds is 2. The van der Waals surface area contributed by atoms with Gasteiger partial charge >= 0.3 is 0 Å². The van der Waals surface area contributed by atoms with Crippen LogP contribution in [0, 0.1) is 5.41 Å². The SMILES string of the molecule is CSCC1=CC(=N)C=CC1. The Bertz CT molecular complexity index is 191. The van der Waals surface area contributed by atoms with E-state index >= 15 is 0 Å². The monoisotopic (exact) mass is 153 g/mol. The van der Waals surface area contributed by atoms with Crippen molar-refractivity contribution >= 4 is 17.5 Å². The van der Waals surface area contributed by atoms with E-state index in [1.807, 2.05) is 30.0 Å². The van der Waals surface area contributed by atoms with Crippen LogP contribution in [0.15, 0.2) is 23.8 Å². The predicted octanol–water partition coefficient (Wildman–Crippen LogP) is 2.26. The summed E-state index contributed by atoms with van der Waals surface area (Å²) in [5, 5.41) is 7.33. The van der Waals surface area contributed by atoms with Crippen molar-refractivity contribution in [1.29, 1.82) is 5.41 Å². The number of hydrogen-bond donors (Lipinski definition) is 1. The molecule has 10 heavy (non-hydrogen) atoms. The minimum Gasteiger partial charge on any atom is -0.301 e. The van der Waals surface area contributed by atoms with Crippen LogP contribution in [-0.2, 0) is 0 Å². The van der Waals surface area contributed by atoms with Gasteiger partial charge in [-0.3, -0.25) is 0 Å². The van der Waals surface area contributed by atoms with Gasteiger partial charge in [-0.1, -0.05) is 11.6 Å². The lowest BCUT2D eigenvalue weighted by Gasteiger charge is -2.05. The second-order valence-electron chi connectivity index (χ2n) is 2.30. The van der Waals surface area contributed by atoms with Crippen molar-refractivity contribution in [3.05, 3.63) is 23.8 Å². The Labute approximate surface area is 65.7 Å². The molecule has 0 aromatic carbocycles. The first-order valence-corrected chi connectivity index (χ1v) is 4.66. The van der Waals surface area contributed by atoms with Crippen molar-refractivity contribution in [3.8, 4) is 0 Å². The van der Waals surface area contributed by atoms with Gasteiger partial charge in [-0.05, 0) is 24.8 Å². The number of thioether (sulfide) groups is 1. The molecule has 1 aliphatic carbocycles. The van der Waals surface area contributed by atoms with E-state index in [9.17, 15) is 0 Å². The summed E-state index contributed by atoms with van der Waals surface area (Å²) in [6, 6.07) is 0. The summed E-state index contributed by atoms with van der Waals surface area (Å²) in [4.78, 5) is 0. The fraction of sp³-hybridized carbons (Fsp3) is 0.375. The van der Waals surface area contributed by atoms with E-state index in [1.165, 1.54) is 5.57 Å². The van der Waals surface area contributed by atoms with Crippen molar-refractivity contribution in [3.63, 3.8) is 0 Å². The third-order valence-electron chi connectivity index (χ3n) is 1.37. The maximum atomic E-state index is 7.33. The second-order valence-corrected chi connectivity index (χ2v) is 3.16. The molecule has 0 unspecified atom stereocenters. The fourth-order valence-corrected chi connectivity index (χ4v) is 1.52. The normalized spacial score (nSPS) is 17.3. The quantitative estimate of drug-likeness (QED) is 0.646. The van der Waals surface area contributed by atoms with Crippen LogP contribution in [0.3, 0.4) is 0 Å². The lowest BCUT2D eigenvalue weighted by Crippen LogP contribution is -1.97. The molecule has 0 aliphatic heterocycles. The van der Waals surface area contributed by atoms with Gasteiger partial charge in [0.1, 0.15) is 0 Å². The van der Waals surface area contributed by atoms with Crippen LogP contribution in [0.5, 0.6) is 0 Å². The van der Waals surface area contributed by atoms with Crippen LogP contribution in [0.4, 0.5) is 0 Å². The zero-order chi connectivity index (χ0) is 7.40. The topological polar surface area (TPSA) is 23.9 Å². The molecular formula is C8H11NS. The summed E-state index contributed by atoms with van der Waals surface area (Å²) in [6.45, 7) is 0. The molecule has 0 heterocycles. The van der Waals surface area contributed by atoms with E-state index in [0.29, 0.717) is 5.71 Å². The van der Waals surface area contributed by atoms with E-state index in [2.05, 4.69) is 6.26 Å². The molecule has 0 radical (unpaired) electrons. The largest absolute Gasteiger partial charge is 0.301 e. The number of hydrogen-bond acceptors (Lipinski definition) is 2. The van der Waals surface area contributed by atoms with Crippen LogP contribution < -0.4 is 0 Å². The highest BCUT2D eigenvalue weighted by Crippen LogP contribution is 2.12. The maximum absolute atomic E-state index is 7.33. The predicted molar refractivity (Wildman–Crippen MR) is 47.9 cm³/mol. The molecule has 0 aromatic rings. The smallest absolute Gasteiger partial charge is 0.0536 e. The van der Waals surface area contributed by atoms with Gasteiger partial charge in [-0.2, -0.15) is 11.8 Å². The van der Waals surface area contributed by atoms with Crippen molar-refractivity contribution in [1.82, 2.24) is 0 Å². The Hall–Kier alpha value is -0.500. The van der Waals surface area contributed by atoms with Crippen LogP contribution >= 0.6 is 11.8 Å². The summed E-state index contributed by atoms with van der Waals surface area (Å²) in [6.07, 6.45) is 8.97. The van der Waals surface area contributed by atoms with E-state index in [4.69, 9.17) is 5.41 Å². The molecule has 1 N–H and O–H groups in total. The van der Waals surface area contributed by atoms with Gasteiger partial charge in [0.15, 0.2) is 0 Å². The Morgan fingerprint density at radius 2 is 2.50 bits per heavy atom. The standard InChI is InChI=1S/C8H11NS/c1-10-6-7-3-2-4-8(9)5-7/h2,4-5,9H,3,6H2,1H3. The molecule has 2 heteroatoms. The summed E-state index contributed by atoms with van der Waals surface area (Å²) in [5.74, 6) is 1.06. The average Bonchev–Trinajstić information content (AvgIpc) is 1.88. The minimum atomic E-state index is 0.635. The number of allylic oxidation sites excluding steroid dienone is 3. The van der Waals surface area contributed by atoms with Gasteiger partial charge in [0.2, 0.25) is 0 Å². The second kappa shape index (κ2) is 3.62. The van der Waals surface area contributed by atoms with Gasteiger partial charge in [0.25, 0.3) is 0 Å². The Morgan fingerprint density at radius 1 is 1.70 bits per heavy atom. The first-order valence-electron chi connectivity index (χ1n) is 3.26. The summed E-state index contributed by atoms with van der Waals surface area (Å²) in [5.41, 5.74) is 2.00. The van der Waals surface area contributed by atoms with Crippen molar-refractivity contribution < 1.29 is 0 Å². The molecule has 0 saturated carbocycles. The molecule has 1 aliphatic rings. The molecule has 0 spiro atoms. The Kier molecular flexibility index (Phi) is 2.75. The first kappa shape index (κ1) is 7.61. The number of nitrogens with one attached hydrogen (secondary N) is 1. The van der Waals surface area contributed by atoms with Crippen LogP contribution in [0.25, 0.3) is 0 Å². The molecule has 1 nitrogen and oxygen atoms in total. The minimum absolute atomic E-state index is 0.635. The van der Waals surface area contributed by atoms with E-state index < -0.39 is 0 Å². The van der Waals surface area contributed by atoms with E-state index in [-0.39, 0.29) is 0 Å². The van der Waals surface area contributed by atoms with Gasteiger partial charge < -0.3 is 5.41 Å². The third-order valence-corrected chi connectivity index (χ3v) is 2.03. The third kappa shape index (κ3) is 2.03. The van der Waals surface area contributed by atoms with E-state index in [0.717, 1.165) is 12.2 Å². The molecule has 1 rings (SSSR count). The highest BCUT2D eigenvalue weighted by Gasteiger charge is 1.99. The molecule has 0 fully saturated rings. The van der Waals surface area contributed by atoms with Gasteiger partial charge in [-0.25, -0.2) is 0 Å². The molecule has 0 saturated heterocycles. The lowest BCUT2D eigenvalue weighted by molar-refractivity contribution is 1.21. The zero-order valence-electron chi connectivity index (χ0n) is 6.05. The Balaban J connectivity index is 2.53. The zero-order valence-corrected chi connectivity index (χ0v) is 6.87. The highest BCUT2D eigenvalue weighted by atomic mass is 32.2. The van der Waals surface area contributed by atoms with Crippen LogP contribution in [0.1, 0.15) is 6.42 Å². The highest BCUT2D eigenvalue weighted by molar-refractivity contribution is 7.98. The molecule has 54 valence electrons. The maximum Gasteiger partial charge on any atom is 0.0536 e. The summed E-state index contributed by atoms with van der Waals surface area (Å²) < 4.78 is 0. The van der Waals surface area contributed by atoms with Crippen molar-refractivity contribution in [2.45, 2.75) is 6.42 Å². The van der Waals surface area contributed by atoms with Gasteiger partial charge in [0.05, 0.1) is 5.71 Å². The fourth-order valence-electron chi connectivity index (χ4n) is 0.950. The van der Waals surface area contributed by atoms with Crippen LogP contribution in [0.2, 0.25) is 0 Å². The van der Waals surface area contributed by atoms with Gasteiger partial charge in [-0.15, -0.1) is 0 Å². The molecule has 0 aromatic heterocycles.